The van der Waals surface area contributed by atoms with Crippen molar-refractivity contribution in [3.63, 3.8) is 0 Å². The lowest BCUT2D eigenvalue weighted by molar-refractivity contribution is -0.134. The Morgan fingerprint density at radius 3 is 2.46 bits per heavy atom. The Balaban J connectivity index is 1.44. The molecule has 2 aromatic rings. The minimum Gasteiger partial charge on any atom is -0.356 e. The van der Waals surface area contributed by atoms with Gasteiger partial charge in [-0.3, -0.25) is 9.59 Å². The number of hydrogen-bond acceptors (Lipinski definition) is 2. The Bertz CT molecular complexity index is 889. The van der Waals surface area contributed by atoms with Crippen molar-refractivity contribution in [2.75, 3.05) is 19.6 Å². The number of likely N-dealkylation sites (tertiary alicyclic amines) is 1. The van der Waals surface area contributed by atoms with Gasteiger partial charge in [0.1, 0.15) is 5.82 Å². The van der Waals surface area contributed by atoms with Gasteiger partial charge in [0.05, 0.1) is 5.92 Å². The van der Waals surface area contributed by atoms with Crippen LogP contribution in [0.3, 0.4) is 0 Å². The smallest absolute Gasteiger partial charge is 0.229 e. The standard InChI is InChI=1S/C23H25FN2O2/c1-16(18-7-8-19(20(24)13-18)17-5-3-2-4-6-17)22(28)26-11-9-23(10-12-26)14-21(27)25-15-23/h2-8,13,16H,9-12,14-15H2,1H3,(H,25,27). The average Bonchev–Trinajstić information content (AvgIpc) is 3.08. The maximum Gasteiger partial charge on any atom is 0.229 e. The Hall–Kier alpha value is -2.69. The van der Waals surface area contributed by atoms with Gasteiger partial charge in [0.15, 0.2) is 0 Å². The fourth-order valence-corrected chi connectivity index (χ4v) is 4.38. The minimum atomic E-state index is -0.392. The van der Waals surface area contributed by atoms with Crippen LogP contribution in [0.15, 0.2) is 48.5 Å². The lowest BCUT2D eigenvalue weighted by Gasteiger charge is -2.39. The van der Waals surface area contributed by atoms with E-state index in [0.717, 1.165) is 24.9 Å². The predicted octanol–water partition coefficient (Wildman–Crippen LogP) is 3.72. The van der Waals surface area contributed by atoms with Gasteiger partial charge >= 0.3 is 0 Å². The van der Waals surface area contributed by atoms with Crippen molar-refractivity contribution in [1.82, 2.24) is 10.2 Å². The molecule has 2 aromatic carbocycles. The Morgan fingerprint density at radius 1 is 1.14 bits per heavy atom. The number of halogens is 1. The van der Waals surface area contributed by atoms with Crippen LogP contribution in [0.25, 0.3) is 11.1 Å². The molecule has 4 nitrogen and oxygen atoms in total. The Labute approximate surface area is 164 Å². The molecule has 2 amide bonds. The van der Waals surface area contributed by atoms with Crippen molar-refractivity contribution in [1.29, 1.82) is 0 Å². The second kappa shape index (κ2) is 7.38. The van der Waals surface area contributed by atoms with Gasteiger partial charge in [0.25, 0.3) is 0 Å². The minimum absolute atomic E-state index is 0.0144. The number of piperidine rings is 1. The summed E-state index contributed by atoms with van der Waals surface area (Å²) in [5.41, 5.74) is 2.08. The Kier molecular flexibility index (Phi) is 4.92. The Morgan fingerprint density at radius 2 is 1.86 bits per heavy atom. The zero-order valence-electron chi connectivity index (χ0n) is 16.1. The maximum absolute atomic E-state index is 14.7. The molecule has 2 aliphatic rings. The van der Waals surface area contributed by atoms with Gasteiger partial charge in [-0.1, -0.05) is 42.5 Å². The van der Waals surface area contributed by atoms with Gasteiger partial charge in [-0.25, -0.2) is 4.39 Å². The fourth-order valence-electron chi connectivity index (χ4n) is 4.38. The number of rotatable bonds is 3. The third-order valence-electron chi connectivity index (χ3n) is 6.28. The summed E-state index contributed by atoms with van der Waals surface area (Å²) in [5.74, 6) is -0.561. The first-order valence-electron chi connectivity index (χ1n) is 9.88. The van der Waals surface area contributed by atoms with Crippen LogP contribution in [0.5, 0.6) is 0 Å². The highest BCUT2D eigenvalue weighted by atomic mass is 19.1. The molecule has 1 unspecified atom stereocenters. The van der Waals surface area contributed by atoms with E-state index in [-0.39, 0.29) is 23.0 Å². The van der Waals surface area contributed by atoms with Crippen LogP contribution in [0, 0.1) is 11.2 Å². The molecule has 0 aliphatic carbocycles. The van der Waals surface area contributed by atoms with E-state index in [9.17, 15) is 14.0 Å². The fraction of sp³-hybridized carbons (Fsp3) is 0.391. The largest absolute Gasteiger partial charge is 0.356 e. The van der Waals surface area contributed by atoms with Crippen molar-refractivity contribution in [3.8, 4) is 11.1 Å². The molecule has 0 saturated carbocycles. The lowest BCUT2D eigenvalue weighted by atomic mass is 9.77. The molecule has 28 heavy (non-hydrogen) atoms. The van der Waals surface area contributed by atoms with Gasteiger partial charge in [-0.2, -0.15) is 0 Å². The number of benzene rings is 2. The molecule has 0 aromatic heterocycles. The number of nitrogens with one attached hydrogen (secondary N) is 1. The van der Waals surface area contributed by atoms with Gasteiger partial charge in [-0.05, 0) is 42.4 Å². The van der Waals surface area contributed by atoms with E-state index < -0.39 is 5.92 Å². The molecule has 1 spiro atoms. The van der Waals surface area contributed by atoms with Crippen LogP contribution >= 0.6 is 0 Å². The zero-order valence-corrected chi connectivity index (χ0v) is 16.1. The first kappa shape index (κ1) is 18.7. The maximum atomic E-state index is 14.7. The van der Waals surface area contributed by atoms with Crippen molar-refractivity contribution in [3.05, 3.63) is 59.9 Å². The number of carbonyl (C=O) groups is 2. The molecule has 2 fully saturated rings. The summed E-state index contributed by atoms with van der Waals surface area (Å²) in [4.78, 5) is 26.4. The summed E-state index contributed by atoms with van der Waals surface area (Å²) in [6, 6.07) is 14.5. The lowest BCUT2D eigenvalue weighted by Crippen LogP contribution is -2.45. The highest BCUT2D eigenvalue weighted by Gasteiger charge is 2.42. The van der Waals surface area contributed by atoms with E-state index >= 15 is 0 Å². The highest BCUT2D eigenvalue weighted by molar-refractivity contribution is 5.84. The molecule has 2 aliphatic heterocycles. The summed E-state index contributed by atoms with van der Waals surface area (Å²) in [6.45, 7) is 3.87. The van der Waals surface area contributed by atoms with Gasteiger partial charge < -0.3 is 10.2 Å². The molecule has 5 heteroatoms. The number of carbonyl (C=O) groups excluding carboxylic acids is 2. The van der Waals surface area contributed by atoms with E-state index in [1.165, 1.54) is 6.07 Å². The summed E-state index contributed by atoms with van der Waals surface area (Å²) in [6.07, 6.45) is 2.24. The molecule has 2 heterocycles. The quantitative estimate of drug-likeness (QED) is 0.882. The van der Waals surface area contributed by atoms with Crippen molar-refractivity contribution in [2.24, 2.45) is 5.41 Å². The van der Waals surface area contributed by atoms with Crippen molar-refractivity contribution in [2.45, 2.75) is 32.1 Å². The molecule has 2 saturated heterocycles. The van der Waals surface area contributed by atoms with E-state index in [4.69, 9.17) is 0 Å². The summed E-state index contributed by atoms with van der Waals surface area (Å²) >= 11 is 0. The van der Waals surface area contributed by atoms with Gasteiger partial charge in [-0.15, -0.1) is 0 Å². The van der Waals surface area contributed by atoms with Crippen molar-refractivity contribution >= 4 is 11.8 Å². The number of nitrogens with zero attached hydrogens (tertiary/aromatic N) is 1. The van der Waals surface area contributed by atoms with Crippen molar-refractivity contribution < 1.29 is 14.0 Å². The van der Waals surface area contributed by atoms with Crippen LogP contribution < -0.4 is 5.32 Å². The molecule has 1 atom stereocenters. The van der Waals surface area contributed by atoms with Crippen LogP contribution in [-0.2, 0) is 9.59 Å². The van der Waals surface area contributed by atoms with Gasteiger partial charge in [0, 0.05) is 31.6 Å². The molecule has 1 N–H and O–H groups in total. The van der Waals surface area contributed by atoms with Gasteiger partial charge in [0.2, 0.25) is 11.8 Å². The van der Waals surface area contributed by atoms with E-state index in [0.29, 0.717) is 30.6 Å². The highest BCUT2D eigenvalue weighted by Crippen LogP contribution is 2.38. The predicted molar refractivity (Wildman–Crippen MR) is 106 cm³/mol. The first-order valence-corrected chi connectivity index (χ1v) is 9.88. The SMILES string of the molecule is CC(C(=O)N1CCC2(CC1)CNC(=O)C2)c1ccc(-c2ccccc2)c(F)c1. The van der Waals surface area contributed by atoms with Crippen LogP contribution in [0.2, 0.25) is 0 Å². The molecular formula is C23H25FN2O2. The number of hydrogen-bond donors (Lipinski definition) is 1. The summed E-state index contributed by atoms with van der Waals surface area (Å²) in [7, 11) is 0. The zero-order chi connectivity index (χ0) is 19.7. The van der Waals surface area contributed by atoms with E-state index in [2.05, 4.69) is 5.32 Å². The van der Waals surface area contributed by atoms with E-state index in [1.54, 1.807) is 6.07 Å². The summed E-state index contributed by atoms with van der Waals surface area (Å²) < 4.78 is 14.7. The van der Waals surface area contributed by atoms with Crippen LogP contribution in [-0.4, -0.2) is 36.3 Å². The second-order valence-electron chi connectivity index (χ2n) is 8.11. The van der Waals surface area contributed by atoms with Crippen LogP contribution in [0.1, 0.15) is 37.7 Å². The topological polar surface area (TPSA) is 49.4 Å². The molecule has 4 rings (SSSR count). The molecular weight excluding hydrogens is 355 g/mol. The second-order valence-corrected chi connectivity index (χ2v) is 8.11. The first-order chi connectivity index (χ1) is 13.5. The third kappa shape index (κ3) is 3.53. The average molecular weight is 380 g/mol. The monoisotopic (exact) mass is 380 g/mol. The number of amides is 2. The van der Waals surface area contributed by atoms with E-state index in [1.807, 2.05) is 48.2 Å². The van der Waals surface area contributed by atoms with Crippen LogP contribution in [0.4, 0.5) is 4.39 Å². The molecule has 0 radical (unpaired) electrons. The molecule has 0 bridgehead atoms. The third-order valence-corrected chi connectivity index (χ3v) is 6.28. The summed E-state index contributed by atoms with van der Waals surface area (Å²) in [5, 5.41) is 2.91. The molecule has 146 valence electrons. The normalized spacial score (nSPS) is 19.5.